The van der Waals surface area contributed by atoms with Crippen LogP contribution >= 0.6 is 0 Å². The Balaban J connectivity index is 2.49. The summed E-state index contributed by atoms with van der Waals surface area (Å²) in [6.45, 7) is 1.90. The number of nitrogens with one attached hydrogen (secondary N) is 1. The summed E-state index contributed by atoms with van der Waals surface area (Å²) in [4.78, 5) is 12.5. The Bertz CT molecular complexity index is 422. The summed E-state index contributed by atoms with van der Waals surface area (Å²) in [5, 5.41) is 14.0. The van der Waals surface area contributed by atoms with Crippen LogP contribution in [0.5, 0.6) is 5.75 Å². The fraction of sp³-hybridized carbons (Fsp3) is 0.538. The minimum Gasteiger partial charge on any atom is -0.490 e. The molecule has 0 atom stereocenters. The zero-order valence-corrected chi connectivity index (χ0v) is 11.7. The normalized spacial score (nSPS) is 10.5. The Kier molecular flexibility index (Phi) is 6.08. The van der Waals surface area contributed by atoms with Gasteiger partial charge in [-0.15, -0.1) is 0 Å². The first-order chi connectivity index (χ1) is 9.04. The number of anilines is 1. The second kappa shape index (κ2) is 7.58. The van der Waals surface area contributed by atoms with Gasteiger partial charge in [0.2, 0.25) is 0 Å². The molecular weight excluding hydrogens is 246 g/mol. The summed E-state index contributed by atoms with van der Waals surface area (Å²) in [6, 6.07) is 4.82. The summed E-state index contributed by atoms with van der Waals surface area (Å²) >= 11 is 0. The molecule has 0 aliphatic carbocycles. The fourth-order valence-electron chi connectivity index (χ4n) is 1.72. The van der Waals surface area contributed by atoms with Crippen LogP contribution < -0.4 is 10.1 Å². The molecule has 1 N–H and O–H groups in total. The van der Waals surface area contributed by atoms with Gasteiger partial charge in [-0.2, -0.15) is 0 Å². The third-order valence-electron chi connectivity index (χ3n) is 2.74. The maximum Gasteiger partial charge on any atom is 0.311 e. The van der Waals surface area contributed by atoms with Crippen LogP contribution in [0.25, 0.3) is 0 Å². The number of hydrogen-bond acceptors (Lipinski definition) is 5. The number of unbranched alkanes of at least 4 members (excludes halogenated alkanes) is 1. The monoisotopic (exact) mass is 267 g/mol. The third kappa shape index (κ3) is 5.13. The quantitative estimate of drug-likeness (QED) is 0.445. The van der Waals surface area contributed by atoms with E-state index < -0.39 is 4.92 Å². The summed E-state index contributed by atoms with van der Waals surface area (Å²) in [7, 11) is 5.53. The Labute approximate surface area is 113 Å². The highest BCUT2D eigenvalue weighted by molar-refractivity contribution is 5.57. The van der Waals surface area contributed by atoms with Gasteiger partial charge in [0, 0.05) is 24.4 Å². The first kappa shape index (κ1) is 15.2. The van der Waals surface area contributed by atoms with Crippen LogP contribution in [-0.2, 0) is 0 Å². The van der Waals surface area contributed by atoms with Gasteiger partial charge in [0.15, 0.2) is 5.75 Å². The molecule has 1 aromatic carbocycles. The van der Waals surface area contributed by atoms with Gasteiger partial charge in [-0.25, -0.2) is 0 Å². The highest BCUT2D eigenvalue weighted by atomic mass is 16.6. The molecule has 0 unspecified atom stereocenters. The number of nitro benzene ring substituents is 1. The van der Waals surface area contributed by atoms with Crippen molar-refractivity contribution in [1.29, 1.82) is 0 Å². The number of rotatable bonds is 8. The van der Waals surface area contributed by atoms with Crippen LogP contribution in [0.4, 0.5) is 11.4 Å². The van der Waals surface area contributed by atoms with Gasteiger partial charge >= 0.3 is 5.69 Å². The van der Waals surface area contributed by atoms with Crippen molar-refractivity contribution in [3.05, 3.63) is 28.3 Å². The average Bonchev–Trinajstić information content (AvgIpc) is 2.37. The van der Waals surface area contributed by atoms with Gasteiger partial charge in [0.25, 0.3) is 0 Å². The predicted molar refractivity (Wildman–Crippen MR) is 75.9 cm³/mol. The van der Waals surface area contributed by atoms with Crippen molar-refractivity contribution >= 4 is 11.4 Å². The number of ether oxygens (including phenoxy) is 1. The molecule has 106 valence electrons. The van der Waals surface area contributed by atoms with Crippen molar-refractivity contribution < 1.29 is 9.66 Å². The molecule has 6 nitrogen and oxygen atoms in total. The molecule has 6 heteroatoms. The molecule has 0 bridgehead atoms. The van der Waals surface area contributed by atoms with Gasteiger partial charge in [-0.3, -0.25) is 10.1 Å². The molecule has 19 heavy (non-hydrogen) atoms. The van der Waals surface area contributed by atoms with Gasteiger partial charge in [0.1, 0.15) is 0 Å². The summed E-state index contributed by atoms with van der Waals surface area (Å²) < 4.78 is 5.02. The second-order valence-electron chi connectivity index (χ2n) is 4.58. The zero-order valence-electron chi connectivity index (χ0n) is 11.7. The van der Waals surface area contributed by atoms with E-state index >= 15 is 0 Å². The molecule has 0 aromatic heterocycles. The molecule has 0 aliphatic heterocycles. The molecule has 1 rings (SSSR count). The molecule has 0 radical (unpaired) electrons. The molecule has 0 saturated carbocycles. The van der Waals surface area contributed by atoms with E-state index in [1.54, 1.807) is 12.1 Å². The second-order valence-corrected chi connectivity index (χ2v) is 4.58. The van der Waals surface area contributed by atoms with E-state index in [0.29, 0.717) is 0 Å². The van der Waals surface area contributed by atoms with Gasteiger partial charge in [0.05, 0.1) is 12.0 Å². The van der Waals surface area contributed by atoms with E-state index in [0.717, 1.165) is 31.6 Å². The van der Waals surface area contributed by atoms with E-state index in [9.17, 15) is 10.1 Å². The lowest BCUT2D eigenvalue weighted by atomic mass is 10.2. The van der Waals surface area contributed by atoms with Crippen LogP contribution in [0, 0.1) is 10.1 Å². The number of hydrogen-bond donors (Lipinski definition) is 1. The minimum atomic E-state index is -0.445. The maximum absolute atomic E-state index is 10.8. The summed E-state index contributed by atoms with van der Waals surface area (Å²) in [6.07, 6.45) is 2.17. The van der Waals surface area contributed by atoms with Crippen molar-refractivity contribution in [2.45, 2.75) is 12.8 Å². The minimum absolute atomic E-state index is 0.0133. The molecule has 0 saturated heterocycles. The van der Waals surface area contributed by atoms with E-state index in [-0.39, 0.29) is 11.4 Å². The molecule has 0 aliphatic rings. The number of methoxy groups -OCH3 is 1. The molecule has 0 spiro atoms. The van der Waals surface area contributed by atoms with E-state index in [4.69, 9.17) is 4.74 Å². The van der Waals surface area contributed by atoms with E-state index in [1.807, 2.05) is 0 Å². The van der Waals surface area contributed by atoms with Gasteiger partial charge in [-0.1, -0.05) is 0 Å². The smallest absolute Gasteiger partial charge is 0.311 e. The summed E-state index contributed by atoms with van der Waals surface area (Å²) in [5.41, 5.74) is 0.827. The van der Waals surface area contributed by atoms with Crippen molar-refractivity contribution in [1.82, 2.24) is 4.90 Å². The van der Waals surface area contributed by atoms with Crippen LogP contribution in [-0.4, -0.2) is 44.1 Å². The Morgan fingerprint density at radius 1 is 1.37 bits per heavy atom. The molecule has 0 amide bonds. The topological polar surface area (TPSA) is 67.6 Å². The lowest BCUT2D eigenvalue weighted by Crippen LogP contribution is -2.14. The standard InChI is InChI=1S/C13H21N3O3/c1-15(2)9-5-4-8-14-11-6-7-12(16(17)18)13(10-11)19-3/h6-7,10,14H,4-5,8-9H2,1-3H3. The number of nitrogens with zero attached hydrogens (tertiary/aromatic N) is 2. The first-order valence-electron chi connectivity index (χ1n) is 6.25. The van der Waals surface area contributed by atoms with Crippen LogP contribution in [0.1, 0.15) is 12.8 Å². The Morgan fingerprint density at radius 3 is 2.68 bits per heavy atom. The Hall–Kier alpha value is -1.82. The van der Waals surface area contributed by atoms with Crippen LogP contribution in [0.2, 0.25) is 0 Å². The first-order valence-corrected chi connectivity index (χ1v) is 6.25. The Morgan fingerprint density at radius 2 is 2.11 bits per heavy atom. The lowest BCUT2D eigenvalue weighted by molar-refractivity contribution is -0.385. The number of nitro groups is 1. The van der Waals surface area contributed by atoms with Gasteiger partial charge < -0.3 is 15.0 Å². The van der Waals surface area contributed by atoms with Crippen molar-refractivity contribution in [2.75, 3.05) is 39.6 Å². The zero-order chi connectivity index (χ0) is 14.3. The highest BCUT2D eigenvalue weighted by Gasteiger charge is 2.14. The van der Waals surface area contributed by atoms with Crippen LogP contribution in [0.3, 0.4) is 0 Å². The summed E-state index contributed by atoms with van der Waals surface area (Å²) in [5.74, 6) is 0.281. The SMILES string of the molecule is COc1cc(NCCCCN(C)C)ccc1[N+](=O)[O-]. The van der Waals surface area contributed by atoms with E-state index in [2.05, 4.69) is 24.3 Å². The molecular formula is C13H21N3O3. The van der Waals surface area contributed by atoms with Gasteiger partial charge in [-0.05, 0) is 39.5 Å². The fourth-order valence-corrected chi connectivity index (χ4v) is 1.72. The van der Waals surface area contributed by atoms with Crippen molar-refractivity contribution in [3.63, 3.8) is 0 Å². The number of benzene rings is 1. The van der Waals surface area contributed by atoms with Crippen molar-refractivity contribution in [3.8, 4) is 5.75 Å². The molecule has 0 heterocycles. The van der Waals surface area contributed by atoms with Crippen LogP contribution in [0.15, 0.2) is 18.2 Å². The lowest BCUT2D eigenvalue weighted by Gasteiger charge is -2.10. The highest BCUT2D eigenvalue weighted by Crippen LogP contribution is 2.29. The average molecular weight is 267 g/mol. The van der Waals surface area contributed by atoms with E-state index in [1.165, 1.54) is 13.2 Å². The van der Waals surface area contributed by atoms with Crippen molar-refractivity contribution in [2.24, 2.45) is 0 Å². The maximum atomic E-state index is 10.8. The molecule has 1 aromatic rings. The molecule has 0 fully saturated rings. The predicted octanol–water partition coefficient (Wildman–Crippen LogP) is 2.36. The largest absolute Gasteiger partial charge is 0.490 e. The third-order valence-corrected chi connectivity index (χ3v) is 2.74.